The third-order valence-corrected chi connectivity index (χ3v) is 5.06. The Morgan fingerprint density at radius 2 is 2.06 bits per heavy atom. The monoisotopic (exact) mass is 449 g/mol. The van der Waals surface area contributed by atoms with Crippen LogP contribution in [-0.4, -0.2) is 28.5 Å². The van der Waals surface area contributed by atoms with E-state index in [1.165, 1.54) is 13.1 Å². The van der Waals surface area contributed by atoms with Gasteiger partial charge in [-0.1, -0.05) is 29.8 Å². The molecular formula is C23H20ClN5O3. The number of aryl methyl sites for hydroxylation is 1. The highest BCUT2D eigenvalue weighted by Crippen LogP contribution is 2.19. The number of hydrazone groups is 1. The topological polar surface area (TPSA) is 109 Å². The van der Waals surface area contributed by atoms with E-state index >= 15 is 0 Å². The number of aromatic nitrogens is 2. The Morgan fingerprint density at radius 3 is 2.75 bits per heavy atom. The first-order chi connectivity index (χ1) is 15.4. The van der Waals surface area contributed by atoms with E-state index < -0.39 is 11.5 Å². The van der Waals surface area contributed by atoms with Gasteiger partial charge in [-0.3, -0.25) is 9.59 Å². The lowest BCUT2D eigenvalue weighted by Crippen LogP contribution is -2.31. The Balaban J connectivity index is 1.97. The lowest BCUT2D eigenvalue weighted by Gasteiger charge is -2.11. The van der Waals surface area contributed by atoms with Gasteiger partial charge in [0.15, 0.2) is 5.69 Å². The van der Waals surface area contributed by atoms with Crippen molar-refractivity contribution >= 4 is 23.7 Å². The summed E-state index contributed by atoms with van der Waals surface area (Å²) >= 11 is 6.17. The fourth-order valence-corrected chi connectivity index (χ4v) is 3.10. The molecule has 0 aliphatic heterocycles. The third kappa shape index (κ3) is 4.68. The number of benzene rings is 2. The van der Waals surface area contributed by atoms with Gasteiger partial charge in [0.2, 0.25) is 0 Å². The molecular weight excluding hydrogens is 430 g/mol. The molecule has 0 unspecified atom stereocenters. The normalized spacial score (nSPS) is 10.7. The van der Waals surface area contributed by atoms with Crippen LogP contribution in [0.1, 0.15) is 39.7 Å². The first-order valence-electron chi connectivity index (χ1n) is 9.73. The summed E-state index contributed by atoms with van der Waals surface area (Å²) in [7, 11) is 0. The Labute approximate surface area is 189 Å². The average Bonchev–Trinajstić information content (AvgIpc) is 2.77. The first-order valence-corrected chi connectivity index (χ1v) is 10.1. The van der Waals surface area contributed by atoms with Gasteiger partial charge in [0.05, 0.1) is 18.5 Å². The van der Waals surface area contributed by atoms with E-state index in [1.807, 2.05) is 32.0 Å². The number of nitrogens with one attached hydrogen (secondary N) is 1. The number of halogens is 1. The number of para-hydroxylation sites is 1. The summed E-state index contributed by atoms with van der Waals surface area (Å²) in [6.45, 7) is 5.66. The van der Waals surface area contributed by atoms with E-state index in [1.54, 1.807) is 30.3 Å². The maximum absolute atomic E-state index is 12.8. The predicted octanol–water partition coefficient (Wildman–Crippen LogP) is 3.54. The van der Waals surface area contributed by atoms with Crippen LogP contribution in [0.5, 0.6) is 5.75 Å². The number of hydrogen-bond donors (Lipinski definition) is 1. The molecule has 0 bridgehead atoms. The van der Waals surface area contributed by atoms with Crippen LogP contribution in [0.3, 0.4) is 0 Å². The molecule has 8 nitrogen and oxygen atoms in total. The van der Waals surface area contributed by atoms with Crippen LogP contribution in [0.4, 0.5) is 0 Å². The van der Waals surface area contributed by atoms with Crippen LogP contribution in [0, 0.1) is 25.2 Å². The van der Waals surface area contributed by atoms with Crippen LogP contribution in [0.25, 0.3) is 5.69 Å². The molecule has 0 aliphatic carbocycles. The number of carbonyl (C=O) groups is 1. The summed E-state index contributed by atoms with van der Waals surface area (Å²) in [5.74, 6) is -0.0463. The Bertz CT molecular complexity index is 1310. The molecule has 3 rings (SSSR count). The molecule has 0 saturated heterocycles. The summed E-state index contributed by atoms with van der Waals surface area (Å²) in [6.07, 6.45) is 1.44. The number of nitrogens with zero attached hydrogens (tertiary/aromatic N) is 4. The third-order valence-electron chi connectivity index (χ3n) is 4.65. The summed E-state index contributed by atoms with van der Waals surface area (Å²) in [5.41, 5.74) is 3.45. The SMILES string of the molecule is CCOc1ccccc1/C=N/NC(=O)c1nn(-c2ccc(C)c(Cl)c2)c(=O)c(C#N)c1C. The molecule has 1 aromatic heterocycles. The molecule has 2 aromatic carbocycles. The van der Waals surface area contributed by atoms with Crippen LogP contribution in [0.2, 0.25) is 5.02 Å². The molecule has 0 aliphatic rings. The van der Waals surface area contributed by atoms with E-state index in [0.29, 0.717) is 28.6 Å². The first kappa shape index (κ1) is 22.7. The lowest BCUT2D eigenvalue weighted by molar-refractivity contribution is 0.0947. The van der Waals surface area contributed by atoms with Crippen molar-refractivity contribution in [2.24, 2.45) is 5.10 Å². The fourth-order valence-electron chi connectivity index (χ4n) is 2.93. The molecule has 1 heterocycles. The average molecular weight is 450 g/mol. The number of ether oxygens (including phenoxy) is 1. The van der Waals surface area contributed by atoms with Crippen molar-refractivity contribution < 1.29 is 9.53 Å². The minimum atomic E-state index is -0.670. The minimum Gasteiger partial charge on any atom is -0.493 e. The highest BCUT2D eigenvalue weighted by Gasteiger charge is 2.20. The van der Waals surface area contributed by atoms with Crippen molar-refractivity contribution in [2.45, 2.75) is 20.8 Å². The Kier molecular flexibility index (Phi) is 7.03. The fraction of sp³-hybridized carbons (Fsp3) is 0.174. The predicted molar refractivity (Wildman–Crippen MR) is 122 cm³/mol. The van der Waals surface area contributed by atoms with E-state index in [4.69, 9.17) is 16.3 Å². The molecule has 0 atom stereocenters. The molecule has 32 heavy (non-hydrogen) atoms. The van der Waals surface area contributed by atoms with Crippen molar-refractivity contribution in [2.75, 3.05) is 6.61 Å². The zero-order valence-corrected chi connectivity index (χ0v) is 18.5. The number of rotatable bonds is 6. The number of carbonyl (C=O) groups excluding carboxylic acids is 1. The molecule has 162 valence electrons. The van der Waals surface area contributed by atoms with Gasteiger partial charge in [-0.2, -0.15) is 20.1 Å². The number of nitriles is 1. The second-order valence-electron chi connectivity index (χ2n) is 6.78. The zero-order valence-electron chi connectivity index (χ0n) is 17.7. The maximum atomic E-state index is 12.8. The van der Waals surface area contributed by atoms with E-state index in [9.17, 15) is 14.9 Å². The van der Waals surface area contributed by atoms with Crippen LogP contribution < -0.4 is 15.7 Å². The van der Waals surface area contributed by atoms with Crippen LogP contribution >= 0.6 is 11.6 Å². The highest BCUT2D eigenvalue weighted by molar-refractivity contribution is 6.31. The quantitative estimate of drug-likeness (QED) is 0.457. The van der Waals surface area contributed by atoms with Crippen molar-refractivity contribution in [1.82, 2.24) is 15.2 Å². The van der Waals surface area contributed by atoms with Crippen LogP contribution in [0.15, 0.2) is 52.4 Å². The van der Waals surface area contributed by atoms with Gasteiger partial charge in [0.25, 0.3) is 11.5 Å². The van der Waals surface area contributed by atoms with E-state index in [2.05, 4.69) is 15.6 Å². The van der Waals surface area contributed by atoms with Crippen molar-refractivity contribution in [3.63, 3.8) is 0 Å². The summed E-state index contributed by atoms with van der Waals surface area (Å²) < 4.78 is 6.51. The highest BCUT2D eigenvalue weighted by atomic mass is 35.5. The number of amides is 1. The molecule has 1 amide bonds. The number of hydrogen-bond acceptors (Lipinski definition) is 6. The van der Waals surface area contributed by atoms with Gasteiger partial charge in [-0.15, -0.1) is 0 Å². The van der Waals surface area contributed by atoms with Crippen molar-refractivity contribution in [3.8, 4) is 17.5 Å². The van der Waals surface area contributed by atoms with Crippen LogP contribution in [-0.2, 0) is 0 Å². The molecule has 0 saturated carbocycles. The summed E-state index contributed by atoms with van der Waals surface area (Å²) in [6, 6.07) is 14.0. The standard InChI is InChI=1S/C23H20ClN5O3/c1-4-32-20-8-6-5-7-16(20)13-26-27-22(30)21-15(3)18(12-25)23(31)29(28-21)17-10-9-14(2)19(24)11-17/h5-11,13H,4H2,1-3H3,(H,27,30)/b26-13+. The Hall–Kier alpha value is -3.96. The van der Waals surface area contributed by atoms with Gasteiger partial charge < -0.3 is 4.74 Å². The molecule has 3 aromatic rings. The van der Waals surface area contributed by atoms with Gasteiger partial charge in [0, 0.05) is 16.1 Å². The molecule has 0 spiro atoms. The second kappa shape index (κ2) is 9.90. The minimum absolute atomic E-state index is 0.104. The summed E-state index contributed by atoms with van der Waals surface area (Å²) in [4.78, 5) is 25.5. The molecule has 9 heteroatoms. The van der Waals surface area contributed by atoms with E-state index in [-0.39, 0.29) is 16.8 Å². The lowest BCUT2D eigenvalue weighted by atomic mass is 10.1. The van der Waals surface area contributed by atoms with Gasteiger partial charge in [-0.25, -0.2) is 5.43 Å². The van der Waals surface area contributed by atoms with Gasteiger partial charge >= 0.3 is 0 Å². The van der Waals surface area contributed by atoms with Gasteiger partial charge in [-0.05, 0) is 50.6 Å². The Morgan fingerprint density at radius 1 is 1.31 bits per heavy atom. The zero-order chi connectivity index (χ0) is 23.3. The van der Waals surface area contributed by atoms with E-state index in [0.717, 1.165) is 10.2 Å². The summed E-state index contributed by atoms with van der Waals surface area (Å²) in [5, 5.41) is 18.1. The molecule has 1 N–H and O–H groups in total. The van der Waals surface area contributed by atoms with Crippen molar-refractivity contribution in [3.05, 3.63) is 85.8 Å². The van der Waals surface area contributed by atoms with Crippen molar-refractivity contribution in [1.29, 1.82) is 5.26 Å². The maximum Gasteiger partial charge on any atom is 0.292 e. The second-order valence-corrected chi connectivity index (χ2v) is 7.19. The molecule has 0 fully saturated rings. The molecule has 0 radical (unpaired) electrons. The van der Waals surface area contributed by atoms with Gasteiger partial charge in [0.1, 0.15) is 17.4 Å². The largest absolute Gasteiger partial charge is 0.493 e. The smallest absolute Gasteiger partial charge is 0.292 e.